The molecule has 0 N–H and O–H groups in total. The molecule has 0 saturated heterocycles. The third-order valence-corrected chi connectivity index (χ3v) is 5.96. The van der Waals surface area contributed by atoms with Crippen LogP contribution in [0, 0.1) is 10.1 Å². The molecule has 138 valence electrons. The van der Waals surface area contributed by atoms with Crippen LogP contribution in [-0.2, 0) is 0 Å². The van der Waals surface area contributed by atoms with E-state index in [1.807, 2.05) is 24.3 Å². The van der Waals surface area contributed by atoms with E-state index in [1.165, 1.54) is 30.2 Å². The molecule has 1 aliphatic carbocycles. The zero-order valence-electron chi connectivity index (χ0n) is 14.5. The van der Waals surface area contributed by atoms with Crippen molar-refractivity contribution in [1.29, 1.82) is 0 Å². The van der Waals surface area contributed by atoms with Gasteiger partial charge in [-0.25, -0.2) is 4.99 Å². The summed E-state index contributed by atoms with van der Waals surface area (Å²) in [7, 11) is 0. The van der Waals surface area contributed by atoms with Crippen LogP contribution >= 0.6 is 22.9 Å². The molecule has 1 aliphatic rings. The number of para-hydroxylation sites is 2. The lowest BCUT2D eigenvalue weighted by molar-refractivity contribution is -0.384. The van der Waals surface area contributed by atoms with E-state index >= 15 is 0 Å². The first-order chi connectivity index (χ1) is 13.1. The molecule has 4 rings (SSSR count). The fraction of sp³-hybridized carbons (Fsp3) is 0.250. The van der Waals surface area contributed by atoms with E-state index in [9.17, 15) is 10.1 Å². The minimum Gasteiger partial charge on any atom is -0.313 e. The molecule has 2 aromatic carbocycles. The van der Waals surface area contributed by atoms with Crippen molar-refractivity contribution in [2.24, 2.45) is 4.99 Å². The summed E-state index contributed by atoms with van der Waals surface area (Å²) in [6.07, 6.45) is 4.58. The van der Waals surface area contributed by atoms with Crippen LogP contribution in [0.25, 0.3) is 11.3 Å². The summed E-state index contributed by atoms with van der Waals surface area (Å²) in [6.45, 7) is 0. The van der Waals surface area contributed by atoms with Gasteiger partial charge in [0.25, 0.3) is 5.69 Å². The minimum absolute atomic E-state index is 0.0249. The Kier molecular flexibility index (Phi) is 5.09. The predicted octanol–water partition coefficient (Wildman–Crippen LogP) is 6.13. The first kappa shape index (κ1) is 17.9. The monoisotopic (exact) mass is 399 g/mol. The first-order valence-electron chi connectivity index (χ1n) is 8.87. The van der Waals surface area contributed by atoms with Gasteiger partial charge in [-0.15, -0.1) is 11.3 Å². The van der Waals surface area contributed by atoms with E-state index in [4.69, 9.17) is 11.6 Å². The third-order valence-electron chi connectivity index (χ3n) is 4.87. The second-order valence-corrected chi connectivity index (χ2v) is 7.85. The Morgan fingerprint density at radius 2 is 1.81 bits per heavy atom. The fourth-order valence-electron chi connectivity index (χ4n) is 3.56. The number of aromatic nitrogens is 1. The summed E-state index contributed by atoms with van der Waals surface area (Å²) in [5, 5.41) is 14.1. The van der Waals surface area contributed by atoms with Gasteiger partial charge in [0.05, 0.1) is 10.6 Å². The van der Waals surface area contributed by atoms with Crippen LogP contribution in [0.2, 0.25) is 5.02 Å². The Morgan fingerprint density at radius 1 is 1.11 bits per heavy atom. The maximum absolute atomic E-state index is 11.3. The molecule has 0 radical (unpaired) electrons. The zero-order valence-corrected chi connectivity index (χ0v) is 16.1. The second-order valence-electron chi connectivity index (χ2n) is 6.58. The van der Waals surface area contributed by atoms with Crippen molar-refractivity contribution in [3.63, 3.8) is 0 Å². The maximum atomic E-state index is 11.3. The van der Waals surface area contributed by atoms with Gasteiger partial charge in [0, 0.05) is 22.5 Å². The van der Waals surface area contributed by atoms with Gasteiger partial charge in [0.15, 0.2) is 4.80 Å². The lowest BCUT2D eigenvalue weighted by Crippen LogP contribution is -2.20. The number of benzene rings is 2. The average molecular weight is 400 g/mol. The molecular formula is C20H18ClN3O2S. The highest BCUT2D eigenvalue weighted by atomic mass is 35.5. The molecule has 0 spiro atoms. The normalized spacial score (nSPS) is 15.4. The molecule has 1 fully saturated rings. The van der Waals surface area contributed by atoms with Crippen LogP contribution in [0.1, 0.15) is 31.7 Å². The van der Waals surface area contributed by atoms with Crippen molar-refractivity contribution >= 4 is 34.3 Å². The number of thiazole rings is 1. The van der Waals surface area contributed by atoms with Crippen LogP contribution in [0.3, 0.4) is 0 Å². The van der Waals surface area contributed by atoms with Gasteiger partial charge in [0.1, 0.15) is 5.69 Å². The third kappa shape index (κ3) is 3.68. The Hall–Kier alpha value is -2.44. The van der Waals surface area contributed by atoms with Crippen LogP contribution in [0.4, 0.5) is 11.4 Å². The molecule has 7 heteroatoms. The zero-order chi connectivity index (χ0) is 18.8. The highest BCUT2D eigenvalue weighted by molar-refractivity contribution is 7.07. The summed E-state index contributed by atoms with van der Waals surface area (Å²) in [5.41, 5.74) is 2.57. The quantitative estimate of drug-likeness (QED) is 0.391. The molecule has 5 nitrogen and oxygen atoms in total. The molecule has 0 amide bonds. The summed E-state index contributed by atoms with van der Waals surface area (Å²) >= 11 is 7.56. The van der Waals surface area contributed by atoms with E-state index < -0.39 is 0 Å². The number of rotatable bonds is 4. The van der Waals surface area contributed by atoms with E-state index in [0.29, 0.717) is 16.8 Å². The number of hydrogen-bond acceptors (Lipinski definition) is 4. The molecule has 1 heterocycles. The van der Waals surface area contributed by atoms with Crippen LogP contribution in [-0.4, -0.2) is 9.49 Å². The van der Waals surface area contributed by atoms with E-state index in [0.717, 1.165) is 28.9 Å². The highest BCUT2D eigenvalue weighted by Crippen LogP contribution is 2.34. The SMILES string of the molecule is O=[N+]([O-])c1ccccc1N=c1scc(-c2ccc(Cl)cc2)n1C1CCCC1. The van der Waals surface area contributed by atoms with Crippen molar-refractivity contribution in [2.45, 2.75) is 31.7 Å². The van der Waals surface area contributed by atoms with Crippen LogP contribution < -0.4 is 4.80 Å². The summed E-state index contributed by atoms with van der Waals surface area (Å²) in [4.78, 5) is 16.4. The topological polar surface area (TPSA) is 60.4 Å². The van der Waals surface area contributed by atoms with Gasteiger partial charge >= 0.3 is 0 Å². The maximum Gasteiger partial charge on any atom is 0.294 e. The van der Waals surface area contributed by atoms with Gasteiger partial charge < -0.3 is 4.57 Å². The molecule has 1 aromatic heterocycles. The van der Waals surface area contributed by atoms with E-state index in [-0.39, 0.29) is 10.6 Å². The molecule has 0 aliphatic heterocycles. The fourth-order valence-corrected chi connectivity index (χ4v) is 4.67. The van der Waals surface area contributed by atoms with Gasteiger partial charge in [-0.2, -0.15) is 0 Å². The highest BCUT2D eigenvalue weighted by Gasteiger charge is 2.22. The Morgan fingerprint density at radius 3 is 2.52 bits per heavy atom. The van der Waals surface area contributed by atoms with Gasteiger partial charge in [0.2, 0.25) is 0 Å². The molecule has 0 atom stereocenters. The number of halogens is 1. The summed E-state index contributed by atoms with van der Waals surface area (Å²) < 4.78 is 2.25. The van der Waals surface area contributed by atoms with Crippen LogP contribution in [0.15, 0.2) is 58.9 Å². The predicted molar refractivity (Wildman–Crippen MR) is 109 cm³/mol. The number of hydrogen-bond donors (Lipinski definition) is 0. The molecule has 0 bridgehead atoms. The molecule has 0 unspecified atom stereocenters. The molecule has 1 saturated carbocycles. The van der Waals surface area contributed by atoms with Crippen molar-refractivity contribution < 1.29 is 4.92 Å². The van der Waals surface area contributed by atoms with Crippen molar-refractivity contribution in [1.82, 2.24) is 4.57 Å². The smallest absolute Gasteiger partial charge is 0.294 e. The van der Waals surface area contributed by atoms with E-state index in [2.05, 4.69) is 14.9 Å². The van der Waals surface area contributed by atoms with Crippen LogP contribution in [0.5, 0.6) is 0 Å². The average Bonchev–Trinajstić information content (AvgIpc) is 3.32. The Labute approximate surface area is 165 Å². The molecule has 27 heavy (non-hydrogen) atoms. The van der Waals surface area contributed by atoms with Gasteiger partial charge in [-0.1, -0.05) is 48.7 Å². The van der Waals surface area contributed by atoms with Gasteiger partial charge in [-0.3, -0.25) is 10.1 Å². The first-order valence-corrected chi connectivity index (χ1v) is 10.1. The lowest BCUT2D eigenvalue weighted by atomic mass is 10.1. The molecule has 3 aromatic rings. The van der Waals surface area contributed by atoms with E-state index in [1.54, 1.807) is 18.2 Å². The van der Waals surface area contributed by atoms with Crippen molar-refractivity contribution in [3.05, 3.63) is 73.8 Å². The summed E-state index contributed by atoms with van der Waals surface area (Å²) in [5.74, 6) is 0. The molecular weight excluding hydrogens is 382 g/mol. The number of nitro groups is 1. The minimum atomic E-state index is -0.382. The largest absolute Gasteiger partial charge is 0.313 e. The lowest BCUT2D eigenvalue weighted by Gasteiger charge is -2.16. The number of nitro benzene ring substituents is 1. The number of nitrogens with zero attached hydrogens (tertiary/aromatic N) is 3. The van der Waals surface area contributed by atoms with Crippen molar-refractivity contribution in [3.8, 4) is 11.3 Å². The summed E-state index contributed by atoms with van der Waals surface area (Å²) in [6, 6.07) is 14.8. The Bertz CT molecular complexity index is 1030. The Balaban J connectivity index is 1.89. The van der Waals surface area contributed by atoms with Gasteiger partial charge in [-0.05, 0) is 36.6 Å². The standard InChI is InChI=1S/C20H18ClN3O2S/c21-15-11-9-14(10-12-15)19-13-27-20(23(19)16-5-1-2-6-16)22-17-7-3-4-8-18(17)24(25)26/h3-4,7-13,16H,1-2,5-6H2. The second kappa shape index (κ2) is 7.66. The van der Waals surface area contributed by atoms with Crippen molar-refractivity contribution in [2.75, 3.05) is 0 Å².